The van der Waals surface area contributed by atoms with Gasteiger partial charge in [-0.05, 0) is 67.0 Å². The van der Waals surface area contributed by atoms with E-state index in [1.807, 2.05) is 38.1 Å². The van der Waals surface area contributed by atoms with E-state index in [-0.39, 0.29) is 6.04 Å². The summed E-state index contributed by atoms with van der Waals surface area (Å²) in [7, 11) is 0.374. The van der Waals surface area contributed by atoms with Gasteiger partial charge in [0.15, 0.2) is 0 Å². The second-order valence-corrected chi connectivity index (χ2v) is 8.68. The molecule has 0 spiro atoms. The average molecular weight is 377 g/mol. The minimum atomic E-state index is -3.52. The standard InChI is InChI=1S/C15H25BrN2O2S/c1-11(2)8-13(10-18(4)5)17-21(19,20)15-7-6-12(3)9-14(15)16/h6-7,9,11,13,17H,8,10H2,1-5H3. The molecule has 120 valence electrons. The van der Waals surface area contributed by atoms with Crippen LogP contribution in [0.25, 0.3) is 0 Å². The zero-order valence-corrected chi connectivity index (χ0v) is 15.8. The molecular formula is C15H25BrN2O2S. The lowest BCUT2D eigenvalue weighted by molar-refractivity contribution is 0.329. The maximum atomic E-state index is 12.6. The first-order valence-corrected chi connectivity index (χ1v) is 9.32. The van der Waals surface area contributed by atoms with Gasteiger partial charge in [-0.3, -0.25) is 0 Å². The molecule has 0 amide bonds. The van der Waals surface area contributed by atoms with Crippen LogP contribution in [0.4, 0.5) is 0 Å². The average Bonchev–Trinajstić information content (AvgIpc) is 2.24. The molecule has 0 aromatic heterocycles. The Hall–Kier alpha value is -0.430. The molecule has 0 radical (unpaired) electrons. The zero-order chi connectivity index (χ0) is 16.2. The predicted octanol–water partition coefficient (Wildman–Crippen LogP) is 3.01. The summed E-state index contributed by atoms with van der Waals surface area (Å²) in [5.74, 6) is 0.430. The summed E-state index contributed by atoms with van der Waals surface area (Å²) >= 11 is 3.34. The highest BCUT2D eigenvalue weighted by Gasteiger charge is 2.23. The molecule has 0 aliphatic heterocycles. The summed E-state index contributed by atoms with van der Waals surface area (Å²) in [6.07, 6.45) is 0.806. The summed E-state index contributed by atoms with van der Waals surface area (Å²) in [4.78, 5) is 2.29. The van der Waals surface area contributed by atoms with Crippen molar-refractivity contribution < 1.29 is 8.42 Å². The Bertz CT molecular complexity index is 561. The molecule has 4 nitrogen and oxygen atoms in total. The lowest BCUT2D eigenvalue weighted by Crippen LogP contribution is -2.42. The first-order chi connectivity index (χ1) is 9.61. The van der Waals surface area contributed by atoms with E-state index in [1.54, 1.807) is 6.07 Å². The number of nitrogens with one attached hydrogen (secondary N) is 1. The molecule has 0 bridgehead atoms. The third kappa shape index (κ3) is 6.06. The number of likely N-dealkylation sites (N-methyl/N-ethyl adjacent to an activating group) is 1. The van der Waals surface area contributed by atoms with Crippen molar-refractivity contribution in [2.24, 2.45) is 5.92 Å². The molecule has 0 aliphatic carbocycles. The number of nitrogens with zero attached hydrogens (tertiary/aromatic N) is 1. The molecule has 0 saturated heterocycles. The van der Waals surface area contributed by atoms with Gasteiger partial charge in [-0.2, -0.15) is 0 Å². The van der Waals surface area contributed by atoms with Crippen LogP contribution in [0.2, 0.25) is 0 Å². The van der Waals surface area contributed by atoms with Crippen molar-refractivity contribution in [3.05, 3.63) is 28.2 Å². The molecule has 0 heterocycles. The first-order valence-electron chi connectivity index (χ1n) is 7.05. The van der Waals surface area contributed by atoms with Crippen LogP contribution in [0.15, 0.2) is 27.6 Å². The number of sulfonamides is 1. The van der Waals surface area contributed by atoms with E-state index in [0.717, 1.165) is 12.0 Å². The molecule has 1 atom stereocenters. The third-order valence-electron chi connectivity index (χ3n) is 3.04. The van der Waals surface area contributed by atoms with Crippen molar-refractivity contribution in [3.63, 3.8) is 0 Å². The summed E-state index contributed by atoms with van der Waals surface area (Å²) < 4.78 is 28.6. The van der Waals surface area contributed by atoms with Gasteiger partial charge < -0.3 is 4.90 Å². The normalized spacial score (nSPS) is 13.9. The van der Waals surface area contributed by atoms with Crippen LogP contribution in [-0.2, 0) is 10.0 Å². The van der Waals surface area contributed by atoms with Crippen LogP contribution >= 0.6 is 15.9 Å². The van der Waals surface area contributed by atoms with E-state index < -0.39 is 10.0 Å². The van der Waals surface area contributed by atoms with Gasteiger partial charge in [-0.1, -0.05) is 19.9 Å². The number of benzene rings is 1. The number of hydrogen-bond acceptors (Lipinski definition) is 3. The first kappa shape index (κ1) is 18.6. The van der Waals surface area contributed by atoms with E-state index in [2.05, 4.69) is 34.5 Å². The van der Waals surface area contributed by atoms with E-state index in [9.17, 15) is 8.42 Å². The summed E-state index contributed by atoms with van der Waals surface area (Å²) in [6, 6.07) is 5.17. The van der Waals surface area contributed by atoms with E-state index in [0.29, 0.717) is 21.8 Å². The van der Waals surface area contributed by atoms with Gasteiger partial charge in [0.2, 0.25) is 10.0 Å². The molecule has 21 heavy (non-hydrogen) atoms. The maximum absolute atomic E-state index is 12.6. The second-order valence-electron chi connectivity index (χ2n) is 6.14. The predicted molar refractivity (Wildman–Crippen MR) is 91.0 cm³/mol. The Morgan fingerprint density at radius 3 is 2.38 bits per heavy atom. The maximum Gasteiger partial charge on any atom is 0.241 e. The van der Waals surface area contributed by atoms with E-state index in [4.69, 9.17) is 0 Å². The quantitative estimate of drug-likeness (QED) is 0.795. The number of aryl methyl sites for hydroxylation is 1. The highest BCUT2D eigenvalue weighted by Crippen LogP contribution is 2.23. The van der Waals surface area contributed by atoms with Gasteiger partial charge in [-0.15, -0.1) is 0 Å². The van der Waals surface area contributed by atoms with Gasteiger partial charge in [0, 0.05) is 17.1 Å². The second kappa shape index (κ2) is 7.72. The van der Waals surface area contributed by atoms with Crippen LogP contribution in [0, 0.1) is 12.8 Å². The molecule has 1 rings (SSSR count). The Balaban J connectivity index is 2.99. The summed E-state index contributed by atoms with van der Waals surface area (Å²) in [6.45, 7) is 6.81. The summed E-state index contributed by atoms with van der Waals surface area (Å²) in [5, 5.41) is 0. The molecule has 1 unspecified atom stereocenters. The topological polar surface area (TPSA) is 49.4 Å². The van der Waals surface area contributed by atoms with E-state index in [1.165, 1.54) is 0 Å². The molecule has 0 fully saturated rings. The van der Waals surface area contributed by atoms with Crippen molar-refractivity contribution in [2.75, 3.05) is 20.6 Å². The van der Waals surface area contributed by atoms with Crippen LogP contribution in [-0.4, -0.2) is 40.0 Å². The van der Waals surface area contributed by atoms with Crippen LogP contribution < -0.4 is 4.72 Å². The Morgan fingerprint density at radius 2 is 1.90 bits per heavy atom. The molecule has 1 aromatic rings. The Morgan fingerprint density at radius 1 is 1.29 bits per heavy atom. The van der Waals surface area contributed by atoms with Gasteiger partial charge >= 0.3 is 0 Å². The molecular weight excluding hydrogens is 352 g/mol. The van der Waals surface area contributed by atoms with Crippen LogP contribution in [0.1, 0.15) is 25.8 Å². The van der Waals surface area contributed by atoms with Crippen molar-refractivity contribution in [1.82, 2.24) is 9.62 Å². The van der Waals surface area contributed by atoms with Crippen molar-refractivity contribution in [3.8, 4) is 0 Å². The number of rotatable bonds is 7. The SMILES string of the molecule is Cc1ccc(S(=O)(=O)NC(CC(C)C)CN(C)C)c(Br)c1. The highest BCUT2D eigenvalue weighted by molar-refractivity contribution is 9.10. The number of hydrogen-bond donors (Lipinski definition) is 1. The Kier molecular flexibility index (Phi) is 6.84. The van der Waals surface area contributed by atoms with Crippen molar-refractivity contribution >= 4 is 26.0 Å². The molecule has 1 N–H and O–H groups in total. The zero-order valence-electron chi connectivity index (χ0n) is 13.4. The summed E-state index contributed by atoms with van der Waals surface area (Å²) in [5.41, 5.74) is 1.02. The largest absolute Gasteiger partial charge is 0.308 e. The minimum Gasteiger partial charge on any atom is -0.308 e. The van der Waals surface area contributed by atoms with Crippen molar-refractivity contribution in [2.45, 2.75) is 38.1 Å². The molecule has 6 heteroatoms. The number of halogens is 1. The van der Waals surface area contributed by atoms with Crippen LogP contribution in [0.5, 0.6) is 0 Å². The fourth-order valence-corrected chi connectivity index (χ4v) is 4.71. The van der Waals surface area contributed by atoms with Gasteiger partial charge in [0.1, 0.15) is 0 Å². The van der Waals surface area contributed by atoms with Gasteiger partial charge in [-0.25, -0.2) is 13.1 Å². The highest BCUT2D eigenvalue weighted by atomic mass is 79.9. The smallest absolute Gasteiger partial charge is 0.241 e. The van der Waals surface area contributed by atoms with Gasteiger partial charge in [0.25, 0.3) is 0 Å². The fourth-order valence-electron chi connectivity index (χ4n) is 2.28. The fraction of sp³-hybridized carbons (Fsp3) is 0.600. The van der Waals surface area contributed by atoms with Crippen LogP contribution in [0.3, 0.4) is 0 Å². The monoisotopic (exact) mass is 376 g/mol. The lowest BCUT2D eigenvalue weighted by atomic mass is 10.0. The molecule has 0 saturated carbocycles. The lowest BCUT2D eigenvalue weighted by Gasteiger charge is -2.24. The third-order valence-corrected chi connectivity index (χ3v) is 5.54. The molecule has 1 aromatic carbocycles. The van der Waals surface area contributed by atoms with Crippen molar-refractivity contribution in [1.29, 1.82) is 0 Å². The Labute approximate surface area is 137 Å². The molecule has 0 aliphatic rings. The van der Waals surface area contributed by atoms with E-state index >= 15 is 0 Å². The minimum absolute atomic E-state index is 0.0989. The van der Waals surface area contributed by atoms with Gasteiger partial charge in [0.05, 0.1) is 4.90 Å².